The molecule has 18 heavy (non-hydrogen) atoms. The topological polar surface area (TPSA) is 49.3 Å². The zero-order valence-corrected chi connectivity index (χ0v) is 11.9. The highest BCUT2D eigenvalue weighted by molar-refractivity contribution is 7.99. The van der Waals surface area contributed by atoms with Crippen LogP contribution in [0, 0.1) is 5.92 Å². The molecular weight excluding hydrogens is 246 g/mol. The Labute approximate surface area is 114 Å². The lowest BCUT2D eigenvalue weighted by molar-refractivity contribution is -0.123. The van der Waals surface area contributed by atoms with Crippen molar-refractivity contribution in [3.8, 4) is 0 Å². The summed E-state index contributed by atoms with van der Waals surface area (Å²) in [6, 6.07) is 0. The summed E-state index contributed by atoms with van der Waals surface area (Å²) in [4.78, 5) is 11.9. The molecule has 0 spiro atoms. The number of hydrogen-bond acceptors (Lipinski definition) is 3. The van der Waals surface area contributed by atoms with Gasteiger partial charge in [0.2, 0.25) is 5.91 Å². The molecule has 104 valence electrons. The average molecular weight is 271 g/mol. The summed E-state index contributed by atoms with van der Waals surface area (Å²) in [5.41, 5.74) is -0.629. The van der Waals surface area contributed by atoms with Gasteiger partial charge in [-0.2, -0.15) is 11.8 Å². The molecule has 0 radical (unpaired) electrons. The van der Waals surface area contributed by atoms with Crippen LogP contribution in [0.3, 0.4) is 0 Å². The van der Waals surface area contributed by atoms with Gasteiger partial charge in [-0.25, -0.2) is 0 Å². The summed E-state index contributed by atoms with van der Waals surface area (Å²) in [6.07, 6.45) is 8.07. The molecular formula is C14H25NO2S. The number of carbonyl (C=O) groups excluding carboxylic acids is 1. The van der Waals surface area contributed by atoms with E-state index < -0.39 is 5.60 Å². The lowest BCUT2D eigenvalue weighted by Crippen LogP contribution is -2.44. The molecule has 3 nitrogen and oxygen atoms in total. The molecule has 0 unspecified atom stereocenters. The van der Waals surface area contributed by atoms with E-state index in [4.69, 9.17) is 0 Å². The predicted octanol–water partition coefficient (Wildman–Crippen LogP) is 2.33. The zero-order valence-electron chi connectivity index (χ0n) is 11.1. The number of amides is 1. The van der Waals surface area contributed by atoms with E-state index >= 15 is 0 Å². The summed E-state index contributed by atoms with van der Waals surface area (Å²) < 4.78 is 0. The van der Waals surface area contributed by atoms with Gasteiger partial charge in [-0.05, 0) is 43.1 Å². The van der Waals surface area contributed by atoms with Crippen LogP contribution in [0.1, 0.15) is 51.4 Å². The minimum absolute atomic E-state index is 0.130. The van der Waals surface area contributed by atoms with Gasteiger partial charge in [0, 0.05) is 13.0 Å². The Morgan fingerprint density at radius 1 is 1.22 bits per heavy atom. The van der Waals surface area contributed by atoms with Gasteiger partial charge in [-0.15, -0.1) is 0 Å². The SMILES string of the molecule is O=C(CC1CCSCC1)NCC1(O)CCCCC1. The number of thioether (sulfide) groups is 1. The van der Waals surface area contributed by atoms with Crippen LogP contribution < -0.4 is 5.32 Å². The highest BCUT2D eigenvalue weighted by atomic mass is 32.2. The number of aliphatic hydroxyl groups is 1. The first kappa shape index (κ1) is 14.2. The summed E-state index contributed by atoms with van der Waals surface area (Å²) in [7, 11) is 0. The van der Waals surface area contributed by atoms with Gasteiger partial charge in [-0.3, -0.25) is 4.79 Å². The molecule has 0 aromatic rings. The van der Waals surface area contributed by atoms with Gasteiger partial charge < -0.3 is 10.4 Å². The second kappa shape index (κ2) is 6.80. The van der Waals surface area contributed by atoms with Crippen molar-refractivity contribution < 1.29 is 9.90 Å². The van der Waals surface area contributed by atoms with Crippen molar-refractivity contribution in [1.29, 1.82) is 0 Å². The Morgan fingerprint density at radius 3 is 2.56 bits per heavy atom. The van der Waals surface area contributed by atoms with Crippen LogP contribution in [-0.2, 0) is 4.79 Å². The van der Waals surface area contributed by atoms with Gasteiger partial charge in [0.25, 0.3) is 0 Å². The summed E-state index contributed by atoms with van der Waals surface area (Å²) in [5, 5.41) is 13.3. The molecule has 2 N–H and O–H groups in total. The molecule has 0 aromatic carbocycles. The Kier molecular flexibility index (Phi) is 5.37. The third kappa shape index (κ3) is 4.47. The number of hydrogen-bond donors (Lipinski definition) is 2. The molecule has 0 aromatic heterocycles. The third-order valence-corrected chi connectivity index (χ3v) is 5.26. The molecule has 2 aliphatic rings. The molecule has 0 atom stereocenters. The van der Waals surface area contributed by atoms with Gasteiger partial charge in [0.1, 0.15) is 0 Å². The summed E-state index contributed by atoms with van der Waals surface area (Å²) >= 11 is 1.99. The van der Waals surface area contributed by atoms with E-state index in [1.807, 2.05) is 11.8 Å². The predicted molar refractivity (Wildman–Crippen MR) is 75.7 cm³/mol. The van der Waals surface area contributed by atoms with E-state index in [0.717, 1.165) is 25.7 Å². The highest BCUT2D eigenvalue weighted by Gasteiger charge is 2.29. The summed E-state index contributed by atoms with van der Waals surface area (Å²) in [5.74, 6) is 3.09. The molecule has 0 bridgehead atoms. The fourth-order valence-corrected chi connectivity index (χ4v) is 4.14. The van der Waals surface area contributed by atoms with Gasteiger partial charge in [0.05, 0.1) is 5.60 Å². The van der Waals surface area contributed by atoms with E-state index in [9.17, 15) is 9.90 Å². The Bertz CT molecular complexity index is 271. The molecule has 1 saturated carbocycles. The van der Waals surface area contributed by atoms with Crippen molar-refractivity contribution in [2.24, 2.45) is 5.92 Å². The Hall–Kier alpha value is -0.220. The fourth-order valence-electron chi connectivity index (χ4n) is 2.93. The molecule has 1 amide bonds. The minimum Gasteiger partial charge on any atom is -0.388 e. The zero-order chi connectivity index (χ0) is 12.8. The number of carbonyl (C=O) groups is 1. The largest absolute Gasteiger partial charge is 0.388 e. The van der Waals surface area contributed by atoms with Crippen LogP contribution >= 0.6 is 11.8 Å². The molecule has 1 aliphatic heterocycles. The van der Waals surface area contributed by atoms with Crippen molar-refractivity contribution in [2.45, 2.75) is 57.0 Å². The molecule has 1 heterocycles. The molecule has 2 fully saturated rings. The maximum absolute atomic E-state index is 11.9. The van der Waals surface area contributed by atoms with Crippen LogP contribution in [0.15, 0.2) is 0 Å². The lowest BCUT2D eigenvalue weighted by atomic mass is 9.85. The third-order valence-electron chi connectivity index (χ3n) is 4.21. The minimum atomic E-state index is -0.629. The quantitative estimate of drug-likeness (QED) is 0.825. The van der Waals surface area contributed by atoms with E-state index in [1.165, 1.54) is 30.8 Å². The van der Waals surface area contributed by atoms with Crippen LogP contribution in [0.4, 0.5) is 0 Å². The molecule has 1 saturated heterocycles. The normalized spacial score (nSPS) is 24.7. The van der Waals surface area contributed by atoms with Crippen molar-refractivity contribution in [3.63, 3.8) is 0 Å². The van der Waals surface area contributed by atoms with Crippen molar-refractivity contribution >= 4 is 17.7 Å². The highest BCUT2D eigenvalue weighted by Crippen LogP contribution is 2.28. The maximum atomic E-state index is 11.9. The van der Waals surface area contributed by atoms with Crippen molar-refractivity contribution in [1.82, 2.24) is 5.32 Å². The van der Waals surface area contributed by atoms with Gasteiger partial charge in [0.15, 0.2) is 0 Å². The first-order valence-corrected chi connectivity index (χ1v) is 8.40. The molecule has 2 rings (SSSR count). The first-order chi connectivity index (χ1) is 8.68. The fraction of sp³-hybridized carbons (Fsp3) is 0.929. The van der Waals surface area contributed by atoms with Crippen molar-refractivity contribution in [2.75, 3.05) is 18.1 Å². The van der Waals surface area contributed by atoms with Crippen molar-refractivity contribution in [3.05, 3.63) is 0 Å². The lowest BCUT2D eigenvalue weighted by Gasteiger charge is -2.32. The van der Waals surface area contributed by atoms with Crippen LogP contribution in [0.25, 0.3) is 0 Å². The maximum Gasteiger partial charge on any atom is 0.220 e. The average Bonchev–Trinajstić information content (AvgIpc) is 2.39. The first-order valence-electron chi connectivity index (χ1n) is 7.25. The summed E-state index contributed by atoms with van der Waals surface area (Å²) in [6.45, 7) is 0.452. The number of rotatable bonds is 4. The standard InChI is InChI=1S/C14H25NO2S/c16-13(10-12-4-8-18-9-5-12)15-11-14(17)6-2-1-3-7-14/h12,17H,1-11H2,(H,15,16). The monoisotopic (exact) mass is 271 g/mol. The molecule has 4 heteroatoms. The van der Waals surface area contributed by atoms with Gasteiger partial charge >= 0.3 is 0 Å². The Balaban J connectivity index is 1.67. The second-order valence-corrected chi connectivity index (χ2v) is 7.05. The smallest absolute Gasteiger partial charge is 0.220 e. The van der Waals surface area contributed by atoms with Crippen LogP contribution in [0.2, 0.25) is 0 Å². The van der Waals surface area contributed by atoms with E-state index in [1.54, 1.807) is 0 Å². The molecule has 1 aliphatic carbocycles. The second-order valence-electron chi connectivity index (χ2n) is 5.82. The van der Waals surface area contributed by atoms with Crippen LogP contribution in [-0.4, -0.2) is 34.7 Å². The van der Waals surface area contributed by atoms with Crippen LogP contribution in [0.5, 0.6) is 0 Å². The number of nitrogens with one attached hydrogen (secondary N) is 1. The van der Waals surface area contributed by atoms with Gasteiger partial charge in [-0.1, -0.05) is 19.3 Å². The van der Waals surface area contributed by atoms with E-state index in [2.05, 4.69) is 5.32 Å². The van der Waals surface area contributed by atoms with E-state index in [0.29, 0.717) is 18.9 Å². The van der Waals surface area contributed by atoms with E-state index in [-0.39, 0.29) is 5.91 Å². The Morgan fingerprint density at radius 2 is 1.89 bits per heavy atom.